The smallest absolute Gasteiger partial charge is 0.276 e. The summed E-state index contributed by atoms with van der Waals surface area (Å²) in [5.74, 6) is 0. The van der Waals surface area contributed by atoms with Crippen LogP contribution >= 0.6 is 20.4 Å². The molecular weight excluding hydrogens is 263 g/mol. The van der Waals surface area contributed by atoms with E-state index in [2.05, 4.69) is 26.0 Å². The first-order chi connectivity index (χ1) is 8.76. The zero-order valence-corrected chi connectivity index (χ0v) is 12.8. The zero-order valence-electron chi connectivity index (χ0n) is 11.1. The van der Waals surface area contributed by atoms with Gasteiger partial charge >= 0.3 is 8.69 Å². The molecule has 1 atom stereocenters. The van der Waals surface area contributed by atoms with Crippen LogP contribution in [0.15, 0.2) is 35.2 Å². The zero-order chi connectivity index (χ0) is 13.3. The molecule has 0 aliphatic heterocycles. The first-order valence-electron chi connectivity index (χ1n) is 6.51. The van der Waals surface area contributed by atoms with Crippen LogP contribution in [0.25, 0.3) is 0 Å². The van der Waals surface area contributed by atoms with Gasteiger partial charge in [-0.3, -0.25) is 4.52 Å². The van der Waals surface area contributed by atoms with Crippen LogP contribution in [0.1, 0.15) is 46.0 Å². The highest BCUT2D eigenvalue weighted by Gasteiger charge is 2.31. The predicted molar refractivity (Wildman–Crippen MR) is 78.2 cm³/mol. The predicted octanol–water partition coefficient (Wildman–Crippen LogP) is 5.69. The number of benzene rings is 1. The molecule has 2 nitrogen and oxygen atoms in total. The third-order valence-corrected chi connectivity index (χ3v) is 4.71. The molecule has 0 aliphatic carbocycles. The van der Waals surface area contributed by atoms with E-state index in [1.54, 1.807) is 11.8 Å². The van der Waals surface area contributed by atoms with Gasteiger partial charge in [0, 0.05) is 4.90 Å². The Hall–Kier alpha value is -0.370. The van der Waals surface area contributed by atoms with Gasteiger partial charge in [0.25, 0.3) is 0 Å². The summed E-state index contributed by atoms with van der Waals surface area (Å²) >= 11 is 1.70. The SMILES string of the molecule is CCCCC(CCC)(OP=O)Sc1ccccc1. The van der Waals surface area contributed by atoms with Crippen molar-refractivity contribution in [2.45, 2.75) is 55.8 Å². The van der Waals surface area contributed by atoms with Gasteiger partial charge in [0.1, 0.15) is 4.93 Å². The minimum absolute atomic E-state index is 0.221. The Labute approximate surface area is 116 Å². The lowest BCUT2D eigenvalue weighted by Crippen LogP contribution is -2.25. The summed E-state index contributed by atoms with van der Waals surface area (Å²) in [5.41, 5.74) is 0. The minimum atomic E-state index is -0.352. The highest BCUT2D eigenvalue weighted by atomic mass is 32.2. The minimum Gasteiger partial charge on any atom is -0.276 e. The van der Waals surface area contributed by atoms with Crippen molar-refractivity contribution < 1.29 is 9.09 Å². The van der Waals surface area contributed by atoms with Gasteiger partial charge in [-0.25, -0.2) is 4.57 Å². The normalized spacial score (nSPS) is 14.6. The van der Waals surface area contributed by atoms with E-state index in [1.807, 2.05) is 18.2 Å². The molecular formula is C14H21O2PS. The van der Waals surface area contributed by atoms with E-state index in [0.717, 1.165) is 32.1 Å². The molecule has 100 valence electrons. The molecule has 1 aromatic rings. The molecule has 0 N–H and O–H groups in total. The first kappa shape index (κ1) is 15.7. The summed E-state index contributed by atoms with van der Waals surface area (Å²) < 4.78 is 16.5. The molecule has 0 bridgehead atoms. The lowest BCUT2D eigenvalue weighted by molar-refractivity contribution is 0.159. The number of rotatable bonds is 9. The number of hydrogen-bond donors (Lipinski definition) is 0. The van der Waals surface area contributed by atoms with Crippen molar-refractivity contribution in [1.29, 1.82) is 0 Å². The Morgan fingerprint density at radius 3 is 2.44 bits per heavy atom. The molecule has 0 spiro atoms. The summed E-state index contributed by atoms with van der Waals surface area (Å²) in [7, 11) is -0.221. The van der Waals surface area contributed by atoms with Gasteiger partial charge in [-0.15, -0.1) is 0 Å². The van der Waals surface area contributed by atoms with Gasteiger partial charge in [0.15, 0.2) is 0 Å². The molecule has 0 amide bonds. The lowest BCUT2D eigenvalue weighted by atomic mass is 10.1. The second-order valence-electron chi connectivity index (χ2n) is 4.35. The number of hydrogen-bond acceptors (Lipinski definition) is 3. The van der Waals surface area contributed by atoms with E-state index >= 15 is 0 Å². The number of thioether (sulfide) groups is 1. The Kier molecular flexibility index (Phi) is 7.57. The summed E-state index contributed by atoms with van der Waals surface area (Å²) in [4.78, 5) is 0.820. The standard InChI is InChI=1S/C14H21O2PS/c1-3-5-12-14(11-4-2,16-17-15)18-13-9-7-6-8-10-13/h6-10H,3-5,11-12H2,1-2H3. The second kappa shape index (κ2) is 8.68. The molecule has 0 heterocycles. The van der Waals surface area contributed by atoms with Crippen LogP contribution < -0.4 is 0 Å². The van der Waals surface area contributed by atoms with E-state index in [9.17, 15) is 4.57 Å². The van der Waals surface area contributed by atoms with E-state index < -0.39 is 0 Å². The van der Waals surface area contributed by atoms with Gasteiger partial charge in [0.05, 0.1) is 0 Å². The van der Waals surface area contributed by atoms with Crippen molar-refractivity contribution in [1.82, 2.24) is 0 Å². The average Bonchev–Trinajstić information content (AvgIpc) is 2.38. The third kappa shape index (κ3) is 5.09. The fraction of sp³-hybridized carbons (Fsp3) is 0.571. The highest BCUT2D eigenvalue weighted by Crippen LogP contribution is 2.43. The van der Waals surface area contributed by atoms with Crippen LogP contribution in [0.2, 0.25) is 0 Å². The van der Waals surface area contributed by atoms with Crippen LogP contribution in [-0.2, 0) is 9.09 Å². The van der Waals surface area contributed by atoms with Crippen molar-refractivity contribution >= 4 is 20.4 Å². The van der Waals surface area contributed by atoms with Crippen LogP contribution in [0.5, 0.6) is 0 Å². The topological polar surface area (TPSA) is 26.3 Å². The summed E-state index contributed by atoms with van der Waals surface area (Å²) in [6.07, 6.45) is 5.10. The highest BCUT2D eigenvalue weighted by molar-refractivity contribution is 8.00. The van der Waals surface area contributed by atoms with Gasteiger partial charge in [0.2, 0.25) is 0 Å². The van der Waals surface area contributed by atoms with E-state index in [0.29, 0.717) is 0 Å². The van der Waals surface area contributed by atoms with E-state index in [1.165, 1.54) is 4.90 Å². The van der Waals surface area contributed by atoms with Crippen LogP contribution in [0, 0.1) is 0 Å². The van der Waals surface area contributed by atoms with Gasteiger partial charge in [-0.05, 0) is 31.4 Å². The first-order valence-corrected chi connectivity index (χ1v) is 8.06. The molecule has 0 aromatic heterocycles. The van der Waals surface area contributed by atoms with E-state index in [-0.39, 0.29) is 13.6 Å². The van der Waals surface area contributed by atoms with Gasteiger partial charge in [-0.1, -0.05) is 56.7 Å². The van der Waals surface area contributed by atoms with Gasteiger partial charge in [-0.2, -0.15) is 0 Å². The summed E-state index contributed by atoms with van der Waals surface area (Å²) in [5, 5.41) is 0. The summed E-state index contributed by atoms with van der Waals surface area (Å²) in [6, 6.07) is 10.2. The maximum atomic E-state index is 10.9. The third-order valence-electron chi connectivity index (χ3n) is 2.79. The molecule has 1 aromatic carbocycles. The average molecular weight is 284 g/mol. The van der Waals surface area contributed by atoms with Crippen molar-refractivity contribution in [3.05, 3.63) is 30.3 Å². The Morgan fingerprint density at radius 1 is 1.17 bits per heavy atom. The molecule has 18 heavy (non-hydrogen) atoms. The Bertz CT molecular complexity index is 345. The molecule has 0 fully saturated rings. The summed E-state index contributed by atoms with van der Waals surface area (Å²) in [6.45, 7) is 4.30. The van der Waals surface area contributed by atoms with Crippen LogP contribution in [0.4, 0.5) is 0 Å². The lowest BCUT2D eigenvalue weighted by Gasteiger charge is -2.30. The quantitative estimate of drug-likeness (QED) is 0.331. The monoisotopic (exact) mass is 284 g/mol. The Balaban J connectivity index is 2.82. The second-order valence-corrected chi connectivity index (χ2v) is 6.10. The van der Waals surface area contributed by atoms with Crippen molar-refractivity contribution in [2.75, 3.05) is 0 Å². The van der Waals surface area contributed by atoms with Crippen molar-refractivity contribution in [3.63, 3.8) is 0 Å². The molecule has 1 rings (SSSR count). The number of unbranched alkanes of at least 4 members (excludes halogenated alkanes) is 1. The van der Waals surface area contributed by atoms with Crippen LogP contribution in [-0.4, -0.2) is 4.93 Å². The fourth-order valence-corrected chi connectivity index (χ4v) is 3.77. The maximum Gasteiger partial charge on any atom is 0.328 e. The fourth-order valence-electron chi connectivity index (χ4n) is 1.94. The Morgan fingerprint density at radius 2 is 1.89 bits per heavy atom. The molecule has 4 heteroatoms. The molecule has 1 unspecified atom stereocenters. The molecule has 0 saturated carbocycles. The maximum absolute atomic E-state index is 10.9. The molecule has 0 saturated heterocycles. The molecule has 0 radical (unpaired) electrons. The van der Waals surface area contributed by atoms with Crippen molar-refractivity contribution in [3.8, 4) is 0 Å². The largest absolute Gasteiger partial charge is 0.328 e. The molecule has 0 aliphatic rings. The van der Waals surface area contributed by atoms with Crippen LogP contribution in [0.3, 0.4) is 0 Å². The van der Waals surface area contributed by atoms with Crippen molar-refractivity contribution in [2.24, 2.45) is 0 Å². The van der Waals surface area contributed by atoms with E-state index in [4.69, 9.17) is 4.52 Å². The van der Waals surface area contributed by atoms with Gasteiger partial charge < -0.3 is 0 Å².